The van der Waals surface area contributed by atoms with E-state index in [4.69, 9.17) is 4.74 Å². The minimum Gasteiger partial charge on any atom is -0.497 e. The molecule has 0 saturated heterocycles. The van der Waals surface area contributed by atoms with Crippen LogP contribution in [0, 0.1) is 12.8 Å². The lowest BCUT2D eigenvalue weighted by molar-refractivity contribution is -0.127. The summed E-state index contributed by atoms with van der Waals surface area (Å²) in [6, 6.07) is 7.98. The number of methoxy groups -OCH3 is 1. The first-order valence-corrected chi connectivity index (χ1v) is 8.14. The predicted octanol–water partition coefficient (Wildman–Crippen LogP) is 2.88. The quantitative estimate of drug-likeness (QED) is 0.805. The summed E-state index contributed by atoms with van der Waals surface area (Å²) in [5, 5.41) is 7.38. The van der Waals surface area contributed by atoms with Crippen LogP contribution in [0.2, 0.25) is 0 Å². The third kappa shape index (κ3) is 3.55. The maximum atomic E-state index is 11.8. The number of pyridine rings is 1. The maximum absolute atomic E-state index is 11.8. The zero-order valence-corrected chi connectivity index (χ0v) is 13.7. The first-order chi connectivity index (χ1) is 11.2. The molecule has 0 aliphatic heterocycles. The lowest BCUT2D eigenvalue weighted by atomic mass is 9.85. The van der Waals surface area contributed by atoms with E-state index < -0.39 is 0 Å². The fourth-order valence-corrected chi connectivity index (χ4v) is 2.74. The molecule has 0 atom stereocenters. The number of amides is 1. The number of rotatable bonds is 6. The fraction of sp³-hybridized carbons (Fsp3) is 0.444. The molecule has 0 bridgehead atoms. The summed E-state index contributed by atoms with van der Waals surface area (Å²) in [5.74, 6) is 2.07. The number of benzene rings is 1. The first-order valence-electron chi connectivity index (χ1n) is 8.14. The molecule has 1 aromatic heterocycles. The Balaban J connectivity index is 1.60. The summed E-state index contributed by atoms with van der Waals surface area (Å²) in [6.07, 6.45) is 3.25. The molecule has 1 saturated carbocycles. The van der Waals surface area contributed by atoms with Crippen molar-refractivity contribution in [3.8, 4) is 5.75 Å². The monoisotopic (exact) mass is 313 g/mol. The van der Waals surface area contributed by atoms with Crippen molar-refractivity contribution < 1.29 is 9.53 Å². The van der Waals surface area contributed by atoms with Gasteiger partial charge in [-0.05, 0) is 43.5 Å². The van der Waals surface area contributed by atoms with Gasteiger partial charge in [0.15, 0.2) is 0 Å². The molecule has 1 fully saturated rings. The predicted molar refractivity (Wildman–Crippen MR) is 91.9 cm³/mol. The molecule has 1 aliphatic carbocycles. The lowest BCUT2D eigenvalue weighted by Crippen LogP contribution is -2.37. The van der Waals surface area contributed by atoms with Crippen molar-refractivity contribution in [3.63, 3.8) is 0 Å². The van der Waals surface area contributed by atoms with Gasteiger partial charge in [0.25, 0.3) is 0 Å². The van der Waals surface area contributed by atoms with Crippen molar-refractivity contribution >= 4 is 22.6 Å². The van der Waals surface area contributed by atoms with E-state index >= 15 is 0 Å². The van der Waals surface area contributed by atoms with E-state index in [1.807, 2.05) is 25.1 Å². The van der Waals surface area contributed by atoms with Gasteiger partial charge in [-0.3, -0.25) is 4.79 Å². The Labute approximate surface area is 136 Å². The summed E-state index contributed by atoms with van der Waals surface area (Å²) >= 11 is 0. The second-order valence-corrected chi connectivity index (χ2v) is 6.06. The van der Waals surface area contributed by atoms with Gasteiger partial charge < -0.3 is 15.4 Å². The minimum absolute atomic E-state index is 0.186. The molecule has 1 aliphatic rings. The number of ether oxygens (including phenoxy) is 1. The van der Waals surface area contributed by atoms with Gasteiger partial charge in [0.1, 0.15) is 11.6 Å². The number of aryl methyl sites for hydroxylation is 1. The van der Waals surface area contributed by atoms with Crippen molar-refractivity contribution in [2.75, 3.05) is 25.5 Å². The van der Waals surface area contributed by atoms with E-state index in [-0.39, 0.29) is 11.8 Å². The summed E-state index contributed by atoms with van der Waals surface area (Å²) < 4.78 is 5.25. The maximum Gasteiger partial charge on any atom is 0.223 e. The molecule has 1 amide bonds. The van der Waals surface area contributed by atoms with Crippen molar-refractivity contribution in [3.05, 3.63) is 29.8 Å². The van der Waals surface area contributed by atoms with E-state index in [1.54, 1.807) is 7.11 Å². The molecule has 5 heteroatoms. The Kier molecular flexibility index (Phi) is 4.65. The van der Waals surface area contributed by atoms with Crippen molar-refractivity contribution in [2.45, 2.75) is 26.2 Å². The molecule has 23 heavy (non-hydrogen) atoms. The van der Waals surface area contributed by atoms with Gasteiger partial charge in [-0.1, -0.05) is 6.42 Å². The van der Waals surface area contributed by atoms with Crippen molar-refractivity contribution in [1.82, 2.24) is 10.3 Å². The number of hydrogen-bond acceptors (Lipinski definition) is 4. The number of nitrogens with one attached hydrogen (secondary N) is 2. The van der Waals surface area contributed by atoms with Crippen molar-refractivity contribution in [2.24, 2.45) is 5.92 Å². The largest absolute Gasteiger partial charge is 0.497 e. The molecule has 0 radical (unpaired) electrons. The van der Waals surface area contributed by atoms with Crippen LogP contribution in [0.25, 0.3) is 10.9 Å². The summed E-state index contributed by atoms with van der Waals surface area (Å²) in [4.78, 5) is 16.4. The SMILES string of the molecule is COc1ccc2cc(C)c(NCCNC(=O)C3CCC3)nc2c1. The van der Waals surface area contributed by atoms with E-state index in [0.717, 1.165) is 40.9 Å². The van der Waals surface area contributed by atoms with Gasteiger partial charge in [0.05, 0.1) is 12.6 Å². The Hall–Kier alpha value is -2.30. The van der Waals surface area contributed by atoms with Gasteiger partial charge >= 0.3 is 0 Å². The van der Waals surface area contributed by atoms with Crippen LogP contribution < -0.4 is 15.4 Å². The Morgan fingerprint density at radius 2 is 2.13 bits per heavy atom. The zero-order chi connectivity index (χ0) is 16.2. The van der Waals surface area contributed by atoms with Gasteiger partial charge in [-0.15, -0.1) is 0 Å². The summed E-state index contributed by atoms with van der Waals surface area (Å²) in [7, 11) is 1.65. The highest BCUT2D eigenvalue weighted by Crippen LogP contribution is 2.26. The molecule has 3 rings (SSSR count). The smallest absolute Gasteiger partial charge is 0.223 e. The third-order valence-electron chi connectivity index (χ3n) is 4.41. The van der Waals surface area contributed by atoms with E-state index in [9.17, 15) is 4.79 Å². The molecular formula is C18H23N3O2. The molecule has 2 N–H and O–H groups in total. The zero-order valence-electron chi connectivity index (χ0n) is 13.7. The topological polar surface area (TPSA) is 63.2 Å². The van der Waals surface area contributed by atoms with Crippen LogP contribution in [0.4, 0.5) is 5.82 Å². The number of hydrogen-bond donors (Lipinski definition) is 2. The van der Waals surface area contributed by atoms with Crippen LogP contribution in [0.3, 0.4) is 0 Å². The number of carbonyl (C=O) groups is 1. The average molecular weight is 313 g/mol. The van der Waals surface area contributed by atoms with Gasteiger partial charge in [0, 0.05) is 30.5 Å². The standard InChI is InChI=1S/C18H23N3O2/c1-12-10-14-6-7-15(23-2)11-16(14)21-17(12)19-8-9-20-18(22)13-4-3-5-13/h6-7,10-11,13H,3-5,8-9H2,1-2H3,(H,19,21)(H,20,22). The Morgan fingerprint density at radius 1 is 1.30 bits per heavy atom. The summed E-state index contributed by atoms with van der Waals surface area (Å²) in [6.45, 7) is 3.32. The van der Waals surface area contributed by atoms with Crippen LogP contribution in [-0.4, -0.2) is 31.1 Å². The number of aromatic nitrogens is 1. The normalized spacial score (nSPS) is 14.3. The van der Waals surface area contributed by atoms with Gasteiger partial charge in [-0.25, -0.2) is 4.98 Å². The molecule has 0 spiro atoms. The van der Waals surface area contributed by atoms with Crippen LogP contribution in [-0.2, 0) is 4.79 Å². The number of nitrogens with zero attached hydrogens (tertiary/aromatic N) is 1. The van der Waals surface area contributed by atoms with Gasteiger partial charge in [0.2, 0.25) is 5.91 Å². The highest BCUT2D eigenvalue weighted by Gasteiger charge is 2.24. The van der Waals surface area contributed by atoms with E-state index in [1.165, 1.54) is 6.42 Å². The fourth-order valence-electron chi connectivity index (χ4n) is 2.74. The van der Waals surface area contributed by atoms with Crippen LogP contribution in [0.1, 0.15) is 24.8 Å². The number of anilines is 1. The number of carbonyl (C=O) groups excluding carboxylic acids is 1. The molecular weight excluding hydrogens is 290 g/mol. The summed E-state index contributed by atoms with van der Waals surface area (Å²) in [5.41, 5.74) is 1.99. The Morgan fingerprint density at radius 3 is 2.83 bits per heavy atom. The van der Waals surface area contributed by atoms with Gasteiger partial charge in [-0.2, -0.15) is 0 Å². The number of fused-ring (bicyclic) bond motifs is 1. The van der Waals surface area contributed by atoms with Crippen LogP contribution in [0.15, 0.2) is 24.3 Å². The highest BCUT2D eigenvalue weighted by molar-refractivity contribution is 5.83. The highest BCUT2D eigenvalue weighted by atomic mass is 16.5. The second kappa shape index (κ2) is 6.86. The molecule has 1 heterocycles. The Bertz CT molecular complexity index is 711. The van der Waals surface area contributed by atoms with Crippen LogP contribution in [0.5, 0.6) is 5.75 Å². The third-order valence-corrected chi connectivity index (χ3v) is 4.41. The van der Waals surface area contributed by atoms with E-state index in [0.29, 0.717) is 13.1 Å². The molecule has 1 aromatic carbocycles. The average Bonchev–Trinajstić information content (AvgIpc) is 2.49. The molecule has 2 aromatic rings. The molecule has 5 nitrogen and oxygen atoms in total. The van der Waals surface area contributed by atoms with Crippen molar-refractivity contribution in [1.29, 1.82) is 0 Å². The minimum atomic E-state index is 0.186. The first kappa shape index (κ1) is 15.6. The lowest BCUT2D eigenvalue weighted by Gasteiger charge is -2.24. The second-order valence-electron chi connectivity index (χ2n) is 6.06. The van der Waals surface area contributed by atoms with Crippen LogP contribution >= 0.6 is 0 Å². The molecule has 0 unspecified atom stereocenters. The van der Waals surface area contributed by atoms with E-state index in [2.05, 4.69) is 21.7 Å². The molecule has 122 valence electrons.